The standard InChI is InChI=1S/C24H34N4O2S/c1-3-27(4-2)15-12-25-24(30)21-17-19(26-23(29)18-20-9-8-16-31-20)10-11-22(21)28-13-6-5-7-14-28/h8-11,16-17H,3-7,12-15,18H2,1-2H3,(H,25,30)(H,26,29). The molecule has 0 radical (unpaired) electrons. The fraction of sp³-hybridized carbons (Fsp3) is 0.500. The Hall–Kier alpha value is -2.38. The van der Waals surface area contributed by atoms with Crippen molar-refractivity contribution in [3.05, 3.63) is 46.2 Å². The molecule has 2 N–H and O–H groups in total. The Labute approximate surface area is 189 Å². The van der Waals surface area contributed by atoms with E-state index in [1.165, 1.54) is 6.42 Å². The Bertz CT molecular complexity index is 843. The maximum absolute atomic E-state index is 13.1. The number of anilines is 2. The topological polar surface area (TPSA) is 64.7 Å². The van der Waals surface area contributed by atoms with E-state index in [1.807, 2.05) is 35.7 Å². The zero-order valence-electron chi connectivity index (χ0n) is 18.7. The molecule has 31 heavy (non-hydrogen) atoms. The van der Waals surface area contributed by atoms with E-state index < -0.39 is 0 Å². The number of hydrogen-bond donors (Lipinski definition) is 2. The van der Waals surface area contributed by atoms with Crippen LogP contribution in [0.4, 0.5) is 11.4 Å². The van der Waals surface area contributed by atoms with Gasteiger partial charge in [0.2, 0.25) is 5.91 Å². The van der Waals surface area contributed by atoms with Gasteiger partial charge in [0.05, 0.1) is 12.0 Å². The molecule has 0 atom stereocenters. The molecule has 2 aromatic rings. The summed E-state index contributed by atoms with van der Waals surface area (Å²) >= 11 is 1.57. The molecule has 1 aromatic carbocycles. The molecule has 6 nitrogen and oxygen atoms in total. The average molecular weight is 443 g/mol. The molecule has 0 bridgehead atoms. The van der Waals surface area contributed by atoms with E-state index >= 15 is 0 Å². The van der Waals surface area contributed by atoms with Crippen LogP contribution in [0.1, 0.15) is 48.3 Å². The van der Waals surface area contributed by atoms with Crippen LogP contribution in [0.5, 0.6) is 0 Å². The zero-order chi connectivity index (χ0) is 22.1. The molecule has 0 aliphatic carbocycles. The van der Waals surface area contributed by atoms with E-state index in [0.717, 1.165) is 56.1 Å². The molecule has 168 valence electrons. The van der Waals surface area contributed by atoms with E-state index in [1.54, 1.807) is 11.3 Å². The molecule has 3 rings (SSSR count). The van der Waals surface area contributed by atoms with Crippen LogP contribution in [0, 0.1) is 0 Å². The lowest BCUT2D eigenvalue weighted by molar-refractivity contribution is -0.115. The summed E-state index contributed by atoms with van der Waals surface area (Å²) in [6.07, 6.45) is 3.86. The van der Waals surface area contributed by atoms with Crippen LogP contribution >= 0.6 is 11.3 Å². The zero-order valence-corrected chi connectivity index (χ0v) is 19.5. The van der Waals surface area contributed by atoms with E-state index in [-0.39, 0.29) is 11.8 Å². The van der Waals surface area contributed by atoms with Crippen molar-refractivity contribution >= 4 is 34.5 Å². The number of thiophene rings is 1. The molecule has 1 fully saturated rings. The second kappa shape index (κ2) is 11.9. The maximum Gasteiger partial charge on any atom is 0.253 e. The molecule has 7 heteroatoms. The minimum Gasteiger partial charge on any atom is -0.371 e. The van der Waals surface area contributed by atoms with Crippen molar-refractivity contribution in [1.29, 1.82) is 0 Å². The molecule has 0 unspecified atom stereocenters. The van der Waals surface area contributed by atoms with Gasteiger partial charge in [0, 0.05) is 42.4 Å². The van der Waals surface area contributed by atoms with E-state index in [2.05, 4.69) is 34.3 Å². The summed E-state index contributed by atoms with van der Waals surface area (Å²) in [5, 5.41) is 8.00. The fourth-order valence-corrected chi connectivity index (χ4v) is 4.65. The number of hydrogen-bond acceptors (Lipinski definition) is 5. The Morgan fingerprint density at radius 3 is 2.55 bits per heavy atom. The molecule has 0 saturated carbocycles. The van der Waals surface area contributed by atoms with Gasteiger partial charge in [0.1, 0.15) is 0 Å². The van der Waals surface area contributed by atoms with Crippen LogP contribution in [-0.2, 0) is 11.2 Å². The molecular weight excluding hydrogens is 408 g/mol. The molecule has 1 aromatic heterocycles. The highest BCUT2D eigenvalue weighted by Crippen LogP contribution is 2.27. The Balaban J connectivity index is 1.73. The van der Waals surface area contributed by atoms with Crippen molar-refractivity contribution in [2.75, 3.05) is 49.5 Å². The van der Waals surface area contributed by atoms with Crippen molar-refractivity contribution in [2.45, 2.75) is 39.5 Å². The summed E-state index contributed by atoms with van der Waals surface area (Å²) < 4.78 is 0. The van der Waals surface area contributed by atoms with Crippen molar-refractivity contribution in [3.8, 4) is 0 Å². The maximum atomic E-state index is 13.1. The molecule has 0 spiro atoms. The minimum atomic E-state index is -0.0814. The Morgan fingerprint density at radius 1 is 1.10 bits per heavy atom. The van der Waals surface area contributed by atoms with Gasteiger partial charge >= 0.3 is 0 Å². The van der Waals surface area contributed by atoms with Gasteiger partial charge in [-0.3, -0.25) is 9.59 Å². The van der Waals surface area contributed by atoms with Crippen LogP contribution in [0.15, 0.2) is 35.7 Å². The fourth-order valence-electron chi connectivity index (χ4n) is 3.95. The van der Waals surface area contributed by atoms with Crippen LogP contribution in [-0.4, -0.2) is 56.0 Å². The van der Waals surface area contributed by atoms with E-state index in [4.69, 9.17) is 0 Å². The van der Waals surface area contributed by atoms with Gasteiger partial charge in [-0.05, 0) is 62.0 Å². The number of carbonyl (C=O) groups excluding carboxylic acids is 2. The molecule has 2 heterocycles. The second-order valence-corrected chi connectivity index (χ2v) is 8.90. The van der Waals surface area contributed by atoms with Gasteiger partial charge in [-0.25, -0.2) is 0 Å². The Kier molecular flexibility index (Phi) is 8.91. The quantitative estimate of drug-likeness (QED) is 0.584. The van der Waals surface area contributed by atoms with Gasteiger partial charge in [-0.1, -0.05) is 19.9 Å². The first-order valence-corrected chi connectivity index (χ1v) is 12.2. The van der Waals surface area contributed by atoms with Gasteiger partial charge < -0.3 is 20.4 Å². The number of rotatable bonds is 10. The molecule has 1 aliphatic rings. The number of nitrogens with zero attached hydrogens (tertiary/aromatic N) is 2. The van der Waals surface area contributed by atoms with Crippen molar-refractivity contribution in [3.63, 3.8) is 0 Å². The van der Waals surface area contributed by atoms with Crippen molar-refractivity contribution in [1.82, 2.24) is 10.2 Å². The average Bonchev–Trinajstić information content (AvgIpc) is 3.30. The SMILES string of the molecule is CCN(CC)CCNC(=O)c1cc(NC(=O)Cc2cccs2)ccc1N1CCCCC1. The smallest absolute Gasteiger partial charge is 0.253 e. The first kappa shape index (κ1) is 23.3. The highest BCUT2D eigenvalue weighted by atomic mass is 32.1. The number of benzene rings is 1. The van der Waals surface area contributed by atoms with Gasteiger partial charge in [0.15, 0.2) is 0 Å². The first-order chi connectivity index (χ1) is 15.1. The minimum absolute atomic E-state index is 0.0685. The van der Waals surface area contributed by atoms with E-state index in [0.29, 0.717) is 24.2 Å². The summed E-state index contributed by atoms with van der Waals surface area (Å²) in [5.74, 6) is -0.150. The third-order valence-corrected chi connectivity index (χ3v) is 6.62. The summed E-state index contributed by atoms with van der Waals surface area (Å²) in [4.78, 5) is 31.1. The predicted octanol–water partition coefficient (Wildman–Crippen LogP) is 3.99. The van der Waals surface area contributed by atoms with Gasteiger partial charge in [0.25, 0.3) is 5.91 Å². The van der Waals surface area contributed by atoms with E-state index in [9.17, 15) is 9.59 Å². The number of nitrogens with one attached hydrogen (secondary N) is 2. The Morgan fingerprint density at radius 2 is 1.87 bits per heavy atom. The summed E-state index contributed by atoms with van der Waals surface area (Å²) in [6.45, 7) is 9.55. The summed E-state index contributed by atoms with van der Waals surface area (Å²) in [7, 11) is 0. The number of amides is 2. The molecule has 2 amide bonds. The van der Waals surface area contributed by atoms with Crippen LogP contribution in [0.2, 0.25) is 0 Å². The molecule has 1 saturated heterocycles. The number of piperidine rings is 1. The summed E-state index contributed by atoms with van der Waals surface area (Å²) in [6, 6.07) is 9.61. The lowest BCUT2D eigenvalue weighted by Crippen LogP contribution is -2.36. The summed E-state index contributed by atoms with van der Waals surface area (Å²) in [5.41, 5.74) is 2.25. The van der Waals surface area contributed by atoms with Crippen LogP contribution in [0.3, 0.4) is 0 Å². The third-order valence-electron chi connectivity index (χ3n) is 5.74. The van der Waals surface area contributed by atoms with Crippen LogP contribution in [0.25, 0.3) is 0 Å². The monoisotopic (exact) mass is 442 g/mol. The number of likely N-dealkylation sites (N-methyl/N-ethyl adjacent to an activating group) is 1. The highest BCUT2D eigenvalue weighted by molar-refractivity contribution is 7.10. The first-order valence-electron chi connectivity index (χ1n) is 11.3. The molecular formula is C24H34N4O2S. The second-order valence-electron chi connectivity index (χ2n) is 7.87. The van der Waals surface area contributed by atoms with Crippen molar-refractivity contribution in [2.24, 2.45) is 0 Å². The van der Waals surface area contributed by atoms with Gasteiger partial charge in [-0.15, -0.1) is 11.3 Å². The van der Waals surface area contributed by atoms with Crippen molar-refractivity contribution < 1.29 is 9.59 Å². The third kappa shape index (κ3) is 6.80. The highest BCUT2D eigenvalue weighted by Gasteiger charge is 2.20. The lowest BCUT2D eigenvalue weighted by Gasteiger charge is -2.30. The normalized spacial score (nSPS) is 14.0. The van der Waals surface area contributed by atoms with Gasteiger partial charge in [-0.2, -0.15) is 0 Å². The van der Waals surface area contributed by atoms with Crippen LogP contribution < -0.4 is 15.5 Å². The number of carbonyl (C=O) groups is 2. The largest absolute Gasteiger partial charge is 0.371 e. The predicted molar refractivity (Wildman–Crippen MR) is 129 cm³/mol. The lowest BCUT2D eigenvalue weighted by atomic mass is 10.1. The molecule has 1 aliphatic heterocycles.